The Morgan fingerprint density at radius 3 is 2.92 bits per heavy atom. The number of nitrogens with one attached hydrogen (secondary N) is 1. The fraction of sp³-hybridized carbons (Fsp3) is 0.667. The highest BCUT2D eigenvalue weighted by atomic mass is 79.9. The molecule has 1 fully saturated rings. The lowest BCUT2D eigenvalue weighted by Crippen LogP contribution is -2.29. The normalized spacial score (nSPS) is 19.2. The molecule has 0 unspecified atom stereocenters. The summed E-state index contributed by atoms with van der Waals surface area (Å²) in [5.41, 5.74) is 0. The predicted octanol–water partition coefficient (Wildman–Crippen LogP) is 1.65. The summed E-state index contributed by atoms with van der Waals surface area (Å²) in [6, 6.07) is 1.99. The van der Waals surface area contributed by atoms with Crippen LogP contribution in [0.4, 0.5) is 0 Å². The Labute approximate surface area is 86.6 Å². The van der Waals surface area contributed by atoms with Crippen molar-refractivity contribution in [3.8, 4) is 0 Å². The van der Waals surface area contributed by atoms with E-state index in [1.165, 1.54) is 12.8 Å². The molecule has 1 aliphatic rings. The van der Waals surface area contributed by atoms with E-state index >= 15 is 0 Å². The molecule has 1 aliphatic heterocycles. The van der Waals surface area contributed by atoms with E-state index < -0.39 is 0 Å². The Bertz CT molecular complexity index is 266. The van der Waals surface area contributed by atoms with E-state index in [0.717, 1.165) is 30.2 Å². The lowest BCUT2D eigenvalue weighted by Gasteiger charge is -2.22. The molecule has 0 aliphatic carbocycles. The molecule has 3 nitrogen and oxygen atoms in total. The van der Waals surface area contributed by atoms with Crippen molar-refractivity contribution in [2.45, 2.75) is 19.4 Å². The van der Waals surface area contributed by atoms with Crippen LogP contribution in [0.15, 0.2) is 16.9 Å². The maximum atomic E-state index is 4.32. The lowest BCUT2D eigenvalue weighted by molar-refractivity contribution is 0.321. The van der Waals surface area contributed by atoms with E-state index in [9.17, 15) is 0 Å². The van der Waals surface area contributed by atoms with Gasteiger partial charge in [0.1, 0.15) is 4.60 Å². The molecular weight excluding hydrogens is 230 g/mol. The van der Waals surface area contributed by atoms with Crippen LogP contribution in [0.1, 0.15) is 12.8 Å². The van der Waals surface area contributed by atoms with Crippen molar-refractivity contribution in [3.05, 3.63) is 16.9 Å². The summed E-state index contributed by atoms with van der Waals surface area (Å²) < 4.78 is 2.96. The quantitative estimate of drug-likeness (QED) is 0.857. The Morgan fingerprint density at radius 2 is 2.31 bits per heavy atom. The van der Waals surface area contributed by atoms with Crippen molar-refractivity contribution in [2.24, 2.45) is 5.92 Å². The van der Waals surface area contributed by atoms with Crippen LogP contribution >= 0.6 is 15.9 Å². The average Bonchev–Trinajstić information content (AvgIpc) is 2.53. The van der Waals surface area contributed by atoms with Gasteiger partial charge in [0.15, 0.2) is 0 Å². The first-order chi connectivity index (χ1) is 6.34. The third-order valence-electron chi connectivity index (χ3n) is 2.51. The van der Waals surface area contributed by atoms with Crippen molar-refractivity contribution in [3.63, 3.8) is 0 Å². The number of halogens is 1. The Hall–Kier alpha value is -0.350. The van der Waals surface area contributed by atoms with Crippen molar-refractivity contribution in [1.29, 1.82) is 0 Å². The highest BCUT2D eigenvalue weighted by Gasteiger charge is 2.13. The topological polar surface area (TPSA) is 29.9 Å². The third kappa shape index (κ3) is 2.54. The largest absolute Gasteiger partial charge is 0.317 e. The maximum absolute atomic E-state index is 4.32. The highest BCUT2D eigenvalue weighted by molar-refractivity contribution is 9.10. The fourth-order valence-corrected chi connectivity index (χ4v) is 2.09. The summed E-state index contributed by atoms with van der Waals surface area (Å²) in [6.45, 7) is 3.38. The molecule has 0 aromatic carbocycles. The molecule has 1 aromatic heterocycles. The molecule has 0 spiro atoms. The highest BCUT2D eigenvalue weighted by Crippen LogP contribution is 2.14. The van der Waals surface area contributed by atoms with E-state index in [0.29, 0.717) is 0 Å². The van der Waals surface area contributed by atoms with E-state index in [2.05, 4.69) is 26.3 Å². The number of nitrogens with zero attached hydrogens (tertiary/aromatic N) is 2. The van der Waals surface area contributed by atoms with Crippen molar-refractivity contribution < 1.29 is 0 Å². The van der Waals surface area contributed by atoms with E-state index in [1.807, 2.05) is 16.9 Å². The average molecular weight is 244 g/mol. The van der Waals surface area contributed by atoms with Gasteiger partial charge >= 0.3 is 0 Å². The molecule has 0 radical (unpaired) electrons. The van der Waals surface area contributed by atoms with Crippen molar-refractivity contribution in [2.75, 3.05) is 13.1 Å². The summed E-state index contributed by atoms with van der Waals surface area (Å²) in [4.78, 5) is 0. The molecule has 1 aromatic rings. The van der Waals surface area contributed by atoms with E-state index in [4.69, 9.17) is 0 Å². The zero-order valence-corrected chi connectivity index (χ0v) is 9.13. The van der Waals surface area contributed by atoms with Gasteiger partial charge in [0.2, 0.25) is 0 Å². The van der Waals surface area contributed by atoms with Gasteiger partial charge in [-0.1, -0.05) is 0 Å². The summed E-state index contributed by atoms with van der Waals surface area (Å²) in [6.07, 6.45) is 4.58. The van der Waals surface area contributed by atoms with Gasteiger partial charge in [0.25, 0.3) is 0 Å². The summed E-state index contributed by atoms with van der Waals surface area (Å²) in [7, 11) is 0. The molecule has 2 rings (SSSR count). The lowest BCUT2D eigenvalue weighted by atomic mass is 9.98. The fourth-order valence-electron chi connectivity index (χ4n) is 1.77. The first-order valence-corrected chi connectivity index (χ1v) is 5.53. The second-order valence-corrected chi connectivity index (χ2v) is 4.37. The molecule has 72 valence electrons. The van der Waals surface area contributed by atoms with Crippen molar-refractivity contribution in [1.82, 2.24) is 15.1 Å². The van der Waals surface area contributed by atoms with E-state index in [-0.39, 0.29) is 0 Å². The molecular formula is C9H14BrN3. The second kappa shape index (κ2) is 4.24. The molecule has 0 atom stereocenters. The van der Waals surface area contributed by atoms with Crippen LogP contribution in [-0.4, -0.2) is 22.9 Å². The Morgan fingerprint density at radius 1 is 1.54 bits per heavy atom. The molecule has 1 saturated heterocycles. The van der Waals surface area contributed by atoms with Crippen LogP contribution in [-0.2, 0) is 6.54 Å². The monoisotopic (exact) mass is 243 g/mol. The number of hydrogen-bond acceptors (Lipinski definition) is 2. The summed E-state index contributed by atoms with van der Waals surface area (Å²) in [5.74, 6) is 0.799. The number of aromatic nitrogens is 2. The standard InChI is InChI=1S/C9H14BrN3/c10-9-3-6-13(12-9)7-8-1-4-11-5-2-8/h3,6,8,11H,1-2,4-5,7H2. The zero-order valence-electron chi connectivity index (χ0n) is 7.54. The van der Waals surface area contributed by atoms with Crippen molar-refractivity contribution >= 4 is 15.9 Å². The van der Waals surface area contributed by atoms with Gasteiger partial charge in [-0.25, -0.2) is 0 Å². The van der Waals surface area contributed by atoms with Gasteiger partial charge in [0.05, 0.1) is 0 Å². The van der Waals surface area contributed by atoms with Crippen LogP contribution in [0.5, 0.6) is 0 Å². The van der Waals surface area contributed by atoms with Crippen LogP contribution in [0, 0.1) is 5.92 Å². The van der Waals surface area contributed by atoms with Gasteiger partial charge in [0, 0.05) is 12.7 Å². The van der Waals surface area contributed by atoms with Gasteiger partial charge in [-0.05, 0) is 53.8 Å². The smallest absolute Gasteiger partial charge is 0.128 e. The van der Waals surface area contributed by atoms with Crippen LogP contribution in [0.2, 0.25) is 0 Å². The number of hydrogen-bond donors (Lipinski definition) is 1. The minimum absolute atomic E-state index is 0.799. The summed E-state index contributed by atoms with van der Waals surface area (Å²) >= 11 is 3.35. The second-order valence-electron chi connectivity index (χ2n) is 3.55. The molecule has 1 N–H and O–H groups in total. The first-order valence-electron chi connectivity index (χ1n) is 4.74. The van der Waals surface area contributed by atoms with Gasteiger partial charge in [-0.3, -0.25) is 4.68 Å². The Kier molecular flexibility index (Phi) is 3.01. The van der Waals surface area contributed by atoms with Gasteiger partial charge in [-0.15, -0.1) is 0 Å². The van der Waals surface area contributed by atoms with Crippen LogP contribution < -0.4 is 5.32 Å². The van der Waals surface area contributed by atoms with E-state index in [1.54, 1.807) is 0 Å². The molecule has 4 heteroatoms. The molecule has 0 amide bonds. The van der Waals surface area contributed by atoms with Gasteiger partial charge < -0.3 is 5.32 Å². The Balaban J connectivity index is 1.89. The first kappa shape index (κ1) is 9.21. The molecule has 0 saturated carbocycles. The number of rotatable bonds is 2. The molecule has 13 heavy (non-hydrogen) atoms. The molecule has 0 bridgehead atoms. The van der Waals surface area contributed by atoms with Crippen LogP contribution in [0.25, 0.3) is 0 Å². The number of piperidine rings is 1. The minimum atomic E-state index is 0.799. The summed E-state index contributed by atoms with van der Waals surface area (Å²) in [5, 5.41) is 7.68. The maximum Gasteiger partial charge on any atom is 0.128 e. The predicted molar refractivity (Wildman–Crippen MR) is 55.5 cm³/mol. The SMILES string of the molecule is Brc1ccn(CC2CCNCC2)n1. The molecule has 2 heterocycles. The van der Waals surface area contributed by atoms with Crippen LogP contribution in [0.3, 0.4) is 0 Å². The van der Waals surface area contributed by atoms with Gasteiger partial charge in [-0.2, -0.15) is 5.10 Å². The minimum Gasteiger partial charge on any atom is -0.317 e. The third-order valence-corrected chi connectivity index (χ3v) is 2.94. The zero-order chi connectivity index (χ0) is 9.10.